The van der Waals surface area contributed by atoms with Crippen LogP contribution in [-0.2, 0) is 16.4 Å². The van der Waals surface area contributed by atoms with Gasteiger partial charge in [0.2, 0.25) is 10.0 Å². The van der Waals surface area contributed by atoms with Crippen LogP contribution in [0.4, 0.5) is 5.69 Å². The average Bonchev–Trinajstić information content (AvgIpc) is 2.39. The predicted molar refractivity (Wildman–Crippen MR) is 78.8 cm³/mol. The van der Waals surface area contributed by atoms with Crippen molar-refractivity contribution in [2.45, 2.75) is 26.2 Å². The van der Waals surface area contributed by atoms with Crippen molar-refractivity contribution in [1.29, 1.82) is 0 Å². The van der Waals surface area contributed by atoms with Gasteiger partial charge < -0.3 is 5.32 Å². The highest BCUT2D eigenvalue weighted by molar-refractivity contribution is 7.92. The predicted octanol–water partition coefficient (Wildman–Crippen LogP) is 1.99. The smallest absolute Gasteiger partial charge is 0.233 e. The molecule has 1 aromatic rings. The highest BCUT2D eigenvalue weighted by Crippen LogP contribution is 2.20. The van der Waals surface area contributed by atoms with Crippen LogP contribution in [0.2, 0.25) is 0 Å². The molecular weight excluding hydrogens is 260 g/mol. The third kappa shape index (κ3) is 4.21. The topological polar surface area (TPSA) is 58.2 Å². The Bertz CT molecular complexity index is 508. The second-order valence-corrected chi connectivity index (χ2v) is 6.85. The van der Waals surface area contributed by atoms with Gasteiger partial charge in [-0.15, -0.1) is 0 Å². The molecule has 0 aliphatic carbocycles. The van der Waals surface area contributed by atoms with Crippen LogP contribution in [-0.4, -0.2) is 27.3 Å². The summed E-state index contributed by atoms with van der Waals surface area (Å²) in [5.41, 5.74) is 1.76. The lowest BCUT2D eigenvalue weighted by Crippen LogP contribution is -2.33. The van der Waals surface area contributed by atoms with E-state index in [1.165, 1.54) is 0 Å². The Morgan fingerprint density at radius 1 is 1.26 bits per heavy atom. The Hall–Kier alpha value is -1.07. The van der Waals surface area contributed by atoms with Crippen molar-refractivity contribution in [3.63, 3.8) is 0 Å². The summed E-state index contributed by atoms with van der Waals surface area (Å²) in [7, 11) is -3.24. The van der Waals surface area contributed by atoms with Crippen molar-refractivity contribution >= 4 is 15.7 Å². The molecule has 0 bridgehead atoms. The standard InChI is InChI=1S/C14H22N2O2S/c1-2-13-5-3-4-6-14(13)16-19(17,18)11-12-7-9-15-10-8-12/h3-6,12,15-16H,2,7-11H2,1H3. The zero-order valence-electron chi connectivity index (χ0n) is 11.4. The van der Waals surface area contributed by atoms with Gasteiger partial charge in [0.25, 0.3) is 0 Å². The van der Waals surface area contributed by atoms with Gasteiger partial charge in [0, 0.05) is 0 Å². The van der Waals surface area contributed by atoms with Gasteiger partial charge in [-0.3, -0.25) is 4.72 Å². The molecule has 1 aliphatic heterocycles. The van der Waals surface area contributed by atoms with Crippen LogP contribution in [0.5, 0.6) is 0 Å². The molecule has 4 nitrogen and oxygen atoms in total. The molecule has 5 heteroatoms. The molecule has 1 aliphatic rings. The molecule has 1 fully saturated rings. The quantitative estimate of drug-likeness (QED) is 0.868. The number of para-hydroxylation sites is 1. The SMILES string of the molecule is CCc1ccccc1NS(=O)(=O)CC1CCNCC1. The Kier molecular flexibility index (Phi) is 4.82. The van der Waals surface area contributed by atoms with E-state index in [0.29, 0.717) is 0 Å². The molecular formula is C14H22N2O2S. The molecule has 106 valence electrons. The van der Waals surface area contributed by atoms with Gasteiger partial charge in [-0.05, 0) is 49.9 Å². The van der Waals surface area contributed by atoms with Gasteiger partial charge >= 0.3 is 0 Å². The minimum atomic E-state index is -3.24. The van der Waals surface area contributed by atoms with Crippen molar-refractivity contribution in [3.8, 4) is 0 Å². The van der Waals surface area contributed by atoms with E-state index in [-0.39, 0.29) is 11.7 Å². The summed E-state index contributed by atoms with van der Waals surface area (Å²) >= 11 is 0. The summed E-state index contributed by atoms with van der Waals surface area (Å²) in [4.78, 5) is 0. The molecule has 0 saturated carbocycles. The van der Waals surface area contributed by atoms with Gasteiger partial charge in [-0.2, -0.15) is 0 Å². The van der Waals surface area contributed by atoms with Crippen LogP contribution in [0, 0.1) is 5.92 Å². The van der Waals surface area contributed by atoms with Crippen LogP contribution in [0.25, 0.3) is 0 Å². The van der Waals surface area contributed by atoms with E-state index in [4.69, 9.17) is 0 Å². The Balaban J connectivity index is 2.03. The third-order valence-electron chi connectivity index (χ3n) is 3.58. The number of piperidine rings is 1. The first-order valence-electron chi connectivity index (χ1n) is 6.90. The normalized spacial score (nSPS) is 17.3. The molecule has 2 rings (SSSR count). The Labute approximate surface area is 115 Å². The molecule has 2 N–H and O–H groups in total. The zero-order valence-corrected chi connectivity index (χ0v) is 12.2. The third-order valence-corrected chi connectivity index (χ3v) is 5.02. The minimum absolute atomic E-state index is 0.229. The molecule has 1 saturated heterocycles. The van der Waals surface area contributed by atoms with Gasteiger partial charge in [-0.25, -0.2) is 8.42 Å². The lowest BCUT2D eigenvalue weighted by molar-refractivity contribution is 0.402. The molecule has 0 atom stereocenters. The fraction of sp³-hybridized carbons (Fsp3) is 0.571. The number of hydrogen-bond donors (Lipinski definition) is 2. The van der Waals surface area contributed by atoms with E-state index in [0.717, 1.165) is 43.6 Å². The molecule has 0 amide bonds. The van der Waals surface area contributed by atoms with Crippen molar-refractivity contribution < 1.29 is 8.42 Å². The number of rotatable bonds is 5. The van der Waals surface area contributed by atoms with Gasteiger partial charge in [0.15, 0.2) is 0 Å². The van der Waals surface area contributed by atoms with Gasteiger partial charge in [0.05, 0.1) is 11.4 Å². The fourth-order valence-electron chi connectivity index (χ4n) is 2.50. The maximum absolute atomic E-state index is 12.2. The first kappa shape index (κ1) is 14.3. The highest BCUT2D eigenvalue weighted by atomic mass is 32.2. The van der Waals surface area contributed by atoms with Crippen molar-refractivity contribution in [3.05, 3.63) is 29.8 Å². The maximum atomic E-state index is 12.2. The van der Waals surface area contributed by atoms with Crippen LogP contribution in [0.3, 0.4) is 0 Å². The van der Waals surface area contributed by atoms with Crippen molar-refractivity contribution in [1.82, 2.24) is 5.32 Å². The molecule has 0 unspecified atom stereocenters. The number of anilines is 1. The van der Waals surface area contributed by atoms with Gasteiger partial charge in [-0.1, -0.05) is 25.1 Å². The second-order valence-electron chi connectivity index (χ2n) is 5.09. The summed E-state index contributed by atoms with van der Waals surface area (Å²) in [5.74, 6) is 0.500. The first-order chi connectivity index (χ1) is 9.11. The Morgan fingerprint density at radius 3 is 2.63 bits per heavy atom. The zero-order chi connectivity index (χ0) is 13.7. The van der Waals surface area contributed by atoms with Crippen molar-refractivity contribution in [2.24, 2.45) is 5.92 Å². The monoisotopic (exact) mass is 282 g/mol. The lowest BCUT2D eigenvalue weighted by Gasteiger charge is -2.22. The van der Waals surface area contributed by atoms with Crippen molar-refractivity contribution in [2.75, 3.05) is 23.6 Å². The van der Waals surface area contributed by atoms with E-state index in [9.17, 15) is 8.42 Å². The molecule has 19 heavy (non-hydrogen) atoms. The largest absolute Gasteiger partial charge is 0.317 e. The van der Waals surface area contributed by atoms with E-state index in [1.807, 2.05) is 31.2 Å². The summed E-state index contributed by atoms with van der Waals surface area (Å²) in [5, 5.41) is 3.25. The summed E-state index contributed by atoms with van der Waals surface area (Å²) in [6, 6.07) is 7.59. The van der Waals surface area contributed by atoms with E-state index < -0.39 is 10.0 Å². The van der Waals surface area contributed by atoms with Crippen LogP contribution in [0.15, 0.2) is 24.3 Å². The number of benzene rings is 1. The number of sulfonamides is 1. The fourth-order valence-corrected chi connectivity index (χ4v) is 4.07. The molecule has 0 radical (unpaired) electrons. The lowest BCUT2D eigenvalue weighted by atomic mass is 10.0. The second kappa shape index (κ2) is 6.39. The van der Waals surface area contributed by atoms with E-state index in [2.05, 4.69) is 10.0 Å². The van der Waals surface area contributed by atoms with E-state index in [1.54, 1.807) is 0 Å². The Morgan fingerprint density at radius 2 is 1.95 bits per heavy atom. The van der Waals surface area contributed by atoms with Crippen LogP contribution in [0.1, 0.15) is 25.3 Å². The molecule has 1 aromatic carbocycles. The average molecular weight is 282 g/mol. The number of aryl methyl sites for hydroxylation is 1. The van der Waals surface area contributed by atoms with Gasteiger partial charge in [0.1, 0.15) is 0 Å². The summed E-state index contributed by atoms with van der Waals surface area (Å²) < 4.78 is 27.1. The first-order valence-corrected chi connectivity index (χ1v) is 8.55. The maximum Gasteiger partial charge on any atom is 0.233 e. The molecule has 0 aromatic heterocycles. The summed E-state index contributed by atoms with van der Waals surface area (Å²) in [6.45, 7) is 3.87. The number of nitrogens with one attached hydrogen (secondary N) is 2. The molecule has 0 spiro atoms. The van der Waals surface area contributed by atoms with Crippen LogP contribution >= 0.6 is 0 Å². The van der Waals surface area contributed by atoms with Crippen LogP contribution < -0.4 is 10.0 Å². The van der Waals surface area contributed by atoms with E-state index >= 15 is 0 Å². The highest BCUT2D eigenvalue weighted by Gasteiger charge is 2.21. The minimum Gasteiger partial charge on any atom is -0.317 e. The molecule has 1 heterocycles. The summed E-state index contributed by atoms with van der Waals surface area (Å²) in [6.07, 6.45) is 2.71. The number of hydrogen-bond acceptors (Lipinski definition) is 3.